The highest BCUT2D eigenvalue weighted by Gasteiger charge is 2.12. The highest BCUT2D eigenvalue weighted by atomic mass is 16.5. The second-order valence-corrected chi connectivity index (χ2v) is 7.24. The van der Waals surface area contributed by atoms with Gasteiger partial charge in [-0.3, -0.25) is 9.20 Å². The van der Waals surface area contributed by atoms with Crippen molar-refractivity contribution in [2.45, 2.75) is 39.2 Å². The van der Waals surface area contributed by atoms with Crippen molar-refractivity contribution in [2.75, 3.05) is 11.9 Å². The zero-order valence-corrected chi connectivity index (χ0v) is 17.0. The van der Waals surface area contributed by atoms with Crippen molar-refractivity contribution in [2.24, 2.45) is 0 Å². The largest absolute Gasteiger partial charge is 0.461 e. The fourth-order valence-electron chi connectivity index (χ4n) is 3.43. The third-order valence-corrected chi connectivity index (χ3v) is 4.98. The van der Waals surface area contributed by atoms with Crippen LogP contribution in [0.3, 0.4) is 0 Å². The summed E-state index contributed by atoms with van der Waals surface area (Å²) in [4.78, 5) is 16.6. The maximum Gasteiger partial charge on any atom is 0.306 e. The number of nitrogens with zero attached hydrogens (tertiary/aromatic N) is 4. The molecule has 7 nitrogen and oxygen atoms in total. The van der Waals surface area contributed by atoms with Crippen LogP contribution >= 0.6 is 0 Å². The first-order chi connectivity index (χ1) is 14.7. The van der Waals surface area contributed by atoms with E-state index in [0.717, 1.165) is 59.7 Å². The number of rotatable bonds is 9. The predicted octanol–water partition coefficient (Wildman–Crippen LogP) is 4.30. The number of ether oxygens (including phenoxy) is 1. The molecule has 30 heavy (non-hydrogen) atoms. The number of esters is 1. The number of anilines is 1. The molecule has 2 aromatic carbocycles. The molecule has 4 aromatic rings. The first kappa shape index (κ1) is 19.8. The second kappa shape index (κ2) is 9.35. The number of unbranched alkanes of at least 4 members (excludes halogenated alkanes) is 2. The lowest BCUT2D eigenvalue weighted by molar-refractivity contribution is -0.145. The number of fused-ring (bicyclic) bond motifs is 3. The van der Waals surface area contributed by atoms with E-state index < -0.39 is 0 Å². The summed E-state index contributed by atoms with van der Waals surface area (Å²) in [5, 5.41) is 11.9. The van der Waals surface area contributed by atoms with Gasteiger partial charge >= 0.3 is 5.97 Å². The van der Waals surface area contributed by atoms with Gasteiger partial charge < -0.3 is 10.1 Å². The number of carbonyl (C=O) groups is 1. The minimum absolute atomic E-state index is 0.149. The predicted molar refractivity (Wildman–Crippen MR) is 116 cm³/mol. The van der Waals surface area contributed by atoms with Crippen LogP contribution in [0.5, 0.6) is 0 Å². The number of nitrogens with one attached hydrogen (secondary N) is 1. The monoisotopic (exact) mass is 403 g/mol. The third-order valence-electron chi connectivity index (χ3n) is 4.98. The average Bonchev–Trinajstić information content (AvgIpc) is 3.17. The fraction of sp³-hybridized carbons (Fsp3) is 0.304. The van der Waals surface area contributed by atoms with Gasteiger partial charge in [-0.25, -0.2) is 4.98 Å². The van der Waals surface area contributed by atoms with Crippen molar-refractivity contribution in [3.63, 3.8) is 0 Å². The van der Waals surface area contributed by atoms with Crippen molar-refractivity contribution in [1.29, 1.82) is 0 Å². The molecule has 0 fully saturated rings. The molecule has 154 valence electrons. The van der Waals surface area contributed by atoms with Crippen LogP contribution in [-0.2, 0) is 16.1 Å². The maximum absolute atomic E-state index is 11.9. The zero-order valence-electron chi connectivity index (χ0n) is 17.0. The number of aromatic nitrogens is 4. The van der Waals surface area contributed by atoms with Crippen LogP contribution in [-0.4, -0.2) is 32.1 Å². The molecule has 0 saturated carbocycles. The Bertz CT molecular complexity index is 1140. The summed E-state index contributed by atoms with van der Waals surface area (Å²) in [5.74, 6) is 1.42. The molecule has 2 heterocycles. The van der Waals surface area contributed by atoms with Crippen LogP contribution in [0.25, 0.3) is 16.7 Å². The summed E-state index contributed by atoms with van der Waals surface area (Å²) in [6, 6.07) is 17.7. The van der Waals surface area contributed by atoms with Crippen LogP contribution in [0.1, 0.15) is 37.1 Å². The molecule has 0 atom stereocenters. The zero-order chi connectivity index (χ0) is 20.8. The summed E-state index contributed by atoms with van der Waals surface area (Å²) in [6.07, 6.45) is 3.11. The third kappa shape index (κ3) is 4.56. The van der Waals surface area contributed by atoms with Crippen molar-refractivity contribution < 1.29 is 9.53 Å². The molecule has 0 aliphatic heterocycles. The van der Waals surface area contributed by atoms with Crippen LogP contribution in [0.15, 0.2) is 54.6 Å². The SMILES string of the molecule is Cc1nnc2c(NCCCCCC(=O)OCc3ccccc3)nc3ccccc3n12. The Morgan fingerprint density at radius 1 is 1.00 bits per heavy atom. The molecule has 0 unspecified atom stereocenters. The quantitative estimate of drug-likeness (QED) is 0.331. The summed E-state index contributed by atoms with van der Waals surface area (Å²) in [7, 11) is 0. The van der Waals surface area contributed by atoms with E-state index in [4.69, 9.17) is 9.72 Å². The molecule has 0 radical (unpaired) electrons. The minimum atomic E-state index is -0.149. The highest BCUT2D eigenvalue weighted by Crippen LogP contribution is 2.21. The Hall–Kier alpha value is -3.48. The minimum Gasteiger partial charge on any atom is -0.461 e. The average molecular weight is 403 g/mol. The molecule has 2 aromatic heterocycles. The van der Waals surface area contributed by atoms with Gasteiger partial charge in [-0.15, -0.1) is 10.2 Å². The maximum atomic E-state index is 11.9. The van der Waals surface area contributed by atoms with Crippen LogP contribution in [0.2, 0.25) is 0 Å². The van der Waals surface area contributed by atoms with Gasteiger partial charge in [0.25, 0.3) is 0 Å². The number of hydrogen-bond acceptors (Lipinski definition) is 6. The number of carbonyl (C=O) groups excluding carboxylic acids is 1. The summed E-state index contributed by atoms with van der Waals surface area (Å²) >= 11 is 0. The number of hydrogen-bond donors (Lipinski definition) is 1. The summed E-state index contributed by atoms with van der Waals surface area (Å²) in [6.45, 7) is 3.03. The topological polar surface area (TPSA) is 81.4 Å². The smallest absolute Gasteiger partial charge is 0.306 e. The van der Waals surface area contributed by atoms with E-state index in [1.165, 1.54) is 0 Å². The molecular weight excluding hydrogens is 378 g/mol. The lowest BCUT2D eigenvalue weighted by Crippen LogP contribution is -2.08. The first-order valence-corrected chi connectivity index (χ1v) is 10.3. The molecule has 1 N–H and O–H groups in total. The molecule has 7 heteroatoms. The van der Waals surface area contributed by atoms with Gasteiger partial charge in [-0.2, -0.15) is 0 Å². The van der Waals surface area contributed by atoms with Gasteiger partial charge in [0.15, 0.2) is 5.82 Å². The van der Waals surface area contributed by atoms with Gasteiger partial charge in [0.2, 0.25) is 5.65 Å². The summed E-state index contributed by atoms with van der Waals surface area (Å²) < 4.78 is 7.33. The van der Waals surface area contributed by atoms with Gasteiger partial charge in [0, 0.05) is 13.0 Å². The van der Waals surface area contributed by atoms with Crippen LogP contribution < -0.4 is 5.32 Å². The van der Waals surface area contributed by atoms with Crippen molar-refractivity contribution in [3.05, 3.63) is 66.0 Å². The van der Waals surface area contributed by atoms with E-state index in [9.17, 15) is 4.79 Å². The van der Waals surface area contributed by atoms with Crippen LogP contribution in [0, 0.1) is 6.92 Å². The highest BCUT2D eigenvalue weighted by molar-refractivity contribution is 5.82. The van der Waals surface area contributed by atoms with Crippen LogP contribution in [0.4, 0.5) is 5.82 Å². The molecule has 0 aliphatic carbocycles. The van der Waals surface area contributed by atoms with Gasteiger partial charge in [-0.05, 0) is 37.5 Å². The number of para-hydroxylation sites is 2. The molecule has 0 saturated heterocycles. The van der Waals surface area contributed by atoms with Gasteiger partial charge in [0.1, 0.15) is 12.4 Å². The fourth-order valence-corrected chi connectivity index (χ4v) is 3.43. The van der Waals surface area contributed by atoms with Crippen molar-refractivity contribution in [1.82, 2.24) is 19.6 Å². The standard InChI is InChI=1S/C23H25N5O2/c1-17-26-27-23-22(25-19-12-7-8-13-20(19)28(17)23)24-15-9-3-6-14-21(29)30-16-18-10-4-2-5-11-18/h2,4-5,7-8,10-13H,3,6,9,14-16H2,1H3,(H,24,25). The first-order valence-electron chi connectivity index (χ1n) is 10.3. The van der Waals surface area contributed by atoms with E-state index in [1.807, 2.05) is 65.9 Å². The Labute approximate surface area is 175 Å². The van der Waals surface area contributed by atoms with E-state index in [1.54, 1.807) is 0 Å². The molecule has 0 spiro atoms. The Morgan fingerprint density at radius 2 is 1.80 bits per heavy atom. The van der Waals surface area contributed by atoms with Gasteiger partial charge in [0.05, 0.1) is 11.0 Å². The molecule has 0 bridgehead atoms. The molecule has 0 aliphatic rings. The molecular formula is C23H25N5O2. The normalized spacial score (nSPS) is 11.1. The molecule has 0 amide bonds. The Balaban J connectivity index is 1.24. The lowest BCUT2D eigenvalue weighted by atomic mass is 10.2. The lowest BCUT2D eigenvalue weighted by Gasteiger charge is -2.09. The second-order valence-electron chi connectivity index (χ2n) is 7.24. The van der Waals surface area contributed by atoms with E-state index >= 15 is 0 Å². The van der Waals surface area contributed by atoms with E-state index in [2.05, 4.69) is 15.5 Å². The Kier molecular flexibility index (Phi) is 6.17. The summed E-state index contributed by atoms with van der Waals surface area (Å²) in [5.41, 5.74) is 3.63. The van der Waals surface area contributed by atoms with E-state index in [0.29, 0.717) is 13.0 Å². The van der Waals surface area contributed by atoms with Crippen molar-refractivity contribution in [3.8, 4) is 0 Å². The molecule has 4 rings (SSSR count). The van der Waals surface area contributed by atoms with Gasteiger partial charge in [-0.1, -0.05) is 48.9 Å². The van der Waals surface area contributed by atoms with E-state index in [-0.39, 0.29) is 5.97 Å². The number of benzene rings is 2. The number of aryl methyl sites for hydroxylation is 1. The Morgan fingerprint density at radius 3 is 2.67 bits per heavy atom. The van der Waals surface area contributed by atoms with Crippen molar-refractivity contribution >= 4 is 28.5 Å².